The maximum Gasteiger partial charge on any atom is 0.237 e. The molecule has 118 valence electrons. The lowest BCUT2D eigenvalue weighted by atomic mass is 9.86. The number of carbonyl (C=O) groups is 1. The zero-order chi connectivity index (χ0) is 15.6. The highest BCUT2D eigenvalue weighted by Crippen LogP contribution is 2.20. The van der Waals surface area contributed by atoms with Gasteiger partial charge in [0.25, 0.3) is 0 Å². The Balaban J connectivity index is 1.94. The Kier molecular flexibility index (Phi) is 4.56. The van der Waals surface area contributed by atoms with Crippen molar-refractivity contribution in [2.45, 2.75) is 45.7 Å². The zero-order valence-corrected chi connectivity index (χ0v) is 13.5. The number of aromatic nitrogens is 2. The molecule has 1 aliphatic rings. The molecule has 0 saturated carbocycles. The first-order chi connectivity index (χ1) is 9.77. The fourth-order valence-electron chi connectivity index (χ4n) is 2.59. The monoisotopic (exact) mass is 293 g/mol. The molecule has 1 amide bonds. The maximum absolute atomic E-state index is 12.2. The number of nitrogens with one attached hydrogen (secondary N) is 1. The SMILES string of the molecule is Cn1cc(N2CCCC(NC(=O)[C@@H](N)C(C)(C)C)C2)cn1. The lowest BCUT2D eigenvalue weighted by Crippen LogP contribution is -2.55. The largest absolute Gasteiger partial charge is 0.367 e. The van der Waals surface area contributed by atoms with Gasteiger partial charge in [-0.2, -0.15) is 5.10 Å². The lowest BCUT2D eigenvalue weighted by molar-refractivity contribution is -0.125. The van der Waals surface area contributed by atoms with E-state index in [-0.39, 0.29) is 17.4 Å². The Morgan fingerprint density at radius 2 is 2.24 bits per heavy atom. The van der Waals surface area contributed by atoms with Crippen LogP contribution in [0.25, 0.3) is 0 Å². The Morgan fingerprint density at radius 1 is 1.52 bits per heavy atom. The summed E-state index contributed by atoms with van der Waals surface area (Å²) in [5.41, 5.74) is 6.91. The van der Waals surface area contributed by atoms with E-state index in [0.29, 0.717) is 0 Å². The summed E-state index contributed by atoms with van der Waals surface area (Å²) in [6.07, 6.45) is 5.93. The van der Waals surface area contributed by atoms with Crippen molar-refractivity contribution in [3.63, 3.8) is 0 Å². The molecule has 2 rings (SSSR count). The van der Waals surface area contributed by atoms with Crippen molar-refractivity contribution in [1.29, 1.82) is 0 Å². The minimum Gasteiger partial charge on any atom is -0.367 e. The summed E-state index contributed by atoms with van der Waals surface area (Å²) in [5.74, 6) is -0.0551. The predicted octanol–water partition coefficient (Wildman–Crippen LogP) is 0.879. The molecule has 0 aromatic carbocycles. The molecule has 0 aliphatic carbocycles. The van der Waals surface area contributed by atoms with E-state index in [0.717, 1.165) is 31.6 Å². The van der Waals surface area contributed by atoms with Crippen LogP contribution in [-0.2, 0) is 11.8 Å². The quantitative estimate of drug-likeness (QED) is 0.867. The highest BCUT2D eigenvalue weighted by molar-refractivity contribution is 5.82. The van der Waals surface area contributed by atoms with Crippen LogP contribution < -0.4 is 16.0 Å². The number of amides is 1. The molecule has 2 atom stereocenters. The molecule has 21 heavy (non-hydrogen) atoms. The van der Waals surface area contributed by atoms with Gasteiger partial charge in [0.1, 0.15) is 0 Å². The maximum atomic E-state index is 12.2. The van der Waals surface area contributed by atoms with E-state index in [1.807, 2.05) is 40.2 Å². The molecule has 1 unspecified atom stereocenters. The first-order valence-electron chi connectivity index (χ1n) is 7.57. The summed E-state index contributed by atoms with van der Waals surface area (Å²) in [7, 11) is 1.91. The second kappa shape index (κ2) is 6.05. The van der Waals surface area contributed by atoms with Crippen molar-refractivity contribution in [2.75, 3.05) is 18.0 Å². The van der Waals surface area contributed by atoms with Crippen LogP contribution in [0.15, 0.2) is 12.4 Å². The van der Waals surface area contributed by atoms with Gasteiger partial charge in [-0.15, -0.1) is 0 Å². The van der Waals surface area contributed by atoms with Crippen molar-refractivity contribution in [1.82, 2.24) is 15.1 Å². The van der Waals surface area contributed by atoms with Crippen molar-refractivity contribution in [3.8, 4) is 0 Å². The van der Waals surface area contributed by atoms with E-state index in [9.17, 15) is 4.79 Å². The highest BCUT2D eigenvalue weighted by atomic mass is 16.2. The standard InChI is InChI=1S/C15H27N5O/c1-15(2,3)13(16)14(21)18-11-6-5-7-20(9-11)12-8-17-19(4)10-12/h8,10-11,13H,5-7,9,16H2,1-4H3,(H,18,21)/t11?,13-/m1/s1. The van der Waals surface area contributed by atoms with Gasteiger partial charge < -0.3 is 16.0 Å². The Bertz CT molecular complexity index is 490. The fourth-order valence-corrected chi connectivity index (χ4v) is 2.59. The highest BCUT2D eigenvalue weighted by Gasteiger charge is 2.30. The number of carbonyl (C=O) groups excluding carboxylic acids is 1. The summed E-state index contributed by atoms with van der Waals surface area (Å²) in [6.45, 7) is 7.78. The summed E-state index contributed by atoms with van der Waals surface area (Å²) in [6, 6.07) is -0.328. The molecular weight excluding hydrogens is 266 g/mol. The van der Waals surface area contributed by atoms with Gasteiger partial charge in [-0.1, -0.05) is 20.8 Å². The molecule has 6 nitrogen and oxygen atoms in total. The normalized spacial score (nSPS) is 21.2. The van der Waals surface area contributed by atoms with Crippen molar-refractivity contribution < 1.29 is 4.79 Å². The molecule has 3 N–H and O–H groups in total. The number of rotatable bonds is 3. The summed E-state index contributed by atoms with van der Waals surface area (Å²) in [5, 5.41) is 7.30. The molecule has 1 aromatic rings. The van der Waals surface area contributed by atoms with Gasteiger partial charge in [0.15, 0.2) is 0 Å². The van der Waals surface area contributed by atoms with Gasteiger partial charge in [0.2, 0.25) is 5.91 Å². The molecule has 1 fully saturated rings. The van der Waals surface area contributed by atoms with Crippen LogP contribution in [0.1, 0.15) is 33.6 Å². The Morgan fingerprint density at radius 3 is 2.81 bits per heavy atom. The van der Waals surface area contributed by atoms with E-state index in [2.05, 4.69) is 15.3 Å². The van der Waals surface area contributed by atoms with Crippen LogP contribution >= 0.6 is 0 Å². The minimum atomic E-state index is -0.480. The van der Waals surface area contributed by atoms with Gasteiger partial charge in [-0.05, 0) is 18.3 Å². The van der Waals surface area contributed by atoms with Crippen molar-refractivity contribution in [2.24, 2.45) is 18.2 Å². The van der Waals surface area contributed by atoms with Gasteiger partial charge in [0, 0.05) is 32.4 Å². The fraction of sp³-hybridized carbons (Fsp3) is 0.733. The van der Waals surface area contributed by atoms with Gasteiger partial charge in [0.05, 0.1) is 17.9 Å². The molecule has 0 spiro atoms. The number of piperidine rings is 1. The molecule has 6 heteroatoms. The number of nitrogens with zero attached hydrogens (tertiary/aromatic N) is 3. The summed E-state index contributed by atoms with van der Waals surface area (Å²) in [4.78, 5) is 14.5. The Labute approximate surface area is 126 Å². The van der Waals surface area contributed by atoms with Crippen LogP contribution in [0.3, 0.4) is 0 Å². The minimum absolute atomic E-state index is 0.0551. The first-order valence-corrected chi connectivity index (χ1v) is 7.57. The van der Waals surface area contributed by atoms with E-state index in [4.69, 9.17) is 5.73 Å². The third-order valence-corrected chi connectivity index (χ3v) is 4.04. The van der Waals surface area contributed by atoms with Crippen molar-refractivity contribution >= 4 is 11.6 Å². The second-order valence-electron chi connectivity index (χ2n) is 7.01. The second-order valence-corrected chi connectivity index (χ2v) is 7.01. The molecular formula is C15H27N5O. The molecule has 1 aromatic heterocycles. The molecule has 0 radical (unpaired) electrons. The third kappa shape index (κ3) is 3.97. The van der Waals surface area contributed by atoms with Gasteiger partial charge in [-0.3, -0.25) is 9.48 Å². The van der Waals surface area contributed by atoms with Gasteiger partial charge >= 0.3 is 0 Å². The average molecular weight is 293 g/mol. The Hall–Kier alpha value is -1.56. The van der Waals surface area contributed by atoms with Crippen LogP contribution in [0, 0.1) is 5.41 Å². The third-order valence-electron chi connectivity index (χ3n) is 4.04. The van der Waals surface area contributed by atoms with Crippen molar-refractivity contribution in [3.05, 3.63) is 12.4 Å². The molecule has 0 bridgehead atoms. The van der Waals surface area contributed by atoms with E-state index in [1.54, 1.807) is 4.68 Å². The van der Waals surface area contributed by atoms with Crippen LogP contribution in [0.5, 0.6) is 0 Å². The average Bonchev–Trinajstić information content (AvgIpc) is 2.84. The summed E-state index contributed by atoms with van der Waals surface area (Å²) >= 11 is 0. The number of aryl methyl sites for hydroxylation is 1. The predicted molar refractivity (Wildman–Crippen MR) is 84.0 cm³/mol. The zero-order valence-electron chi connectivity index (χ0n) is 13.5. The first kappa shape index (κ1) is 15.8. The van der Waals surface area contributed by atoms with E-state index >= 15 is 0 Å². The molecule has 1 aliphatic heterocycles. The number of nitrogens with two attached hydrogens (primary N) is 1. The van der Waals surface area contributed by atoms with E-state index in [1.165, 1.54) is 0 Å². The van der Waals surface area contributed by atoms with Crippen LogP contribution in [0.2, 0.25) is 0 Å². The molecule has 2 heterocycles. The topological polar surface area (TPSA) is 76.2 Å². The number of hydrogen-bond acceptors (Lipinski definition) is 4. The summed E-state index contributed by atoms with van der Waals surface area (Å²) < 4.78 is 1.80. The van der Waals surface area contributed by atoms with Gasteiger partial charge in [-0.25, -0.2) is 0 Å². The van der Waals surface area contributed by atoms with Crippen LogP contribution in [-0.4, -0.2) is 40.9 Å². The van der Waals surface area contributed by atoms with E-state index < -0.39 is 6.04 Å². The number of anilines is 1. The molecule has 1 saturated heterocycles. The lowest BCUT2D eigenvalue weighted by Gasteiger charge is -2.35. The van der Waals surface area contributed by atoms with Crippen LogP contribution in [0.4, 0.5) is 5.69 Å². The number of hydrogen-bond donors (Lipinski definition) is 2. The smallest absolute Gasteiger partial charge is 0.237 e.